The number of carbonyl (C=O) groups excluding carboxylic acids is 1. The third-order valence-electron chi connectivity index (χ3n) is 8.05. The van der Waals surface area contributed by atoms with Crippen molar-refractivity contribution in [2.24, 2.45) is 12.8 Å². The number of nitrogens with zero attached hydrogens (tertiary/aromatic N) is 6. The molecule has 1 aliphatic rings. The summed E-state index contributed by atoms with van der Waals surface area (Å²) >= 11 is 0. The van der Waals surface area contributed by atoms with Crippen molar-refractivity contribution >= 4 is 22.6 Å². The third kappa shape index (κ3) is 5.55. The summed E-state index contributed by atoms with van der Waals surface area (Å²) < 4.78 is 2.06. The van der Waals surface area contributed by atoms with Crippen LogP contribution in [0.4, 0.5) is 5.69 Å². The van der Waals surface area contributed by atoms with Crippen LogP contribution in [-0.2, 0) is 20.0 Å². The summed E-state index contributed by atoms with van der Waals surface area (Å²) in [5.74, 6) is -0.408. The number of imidazole rings is 1. The maximum atomic E-state index is 11.8. The van der Waals surface area contributed by atoms with E-state index in [4.69, 9.17) is 5.73 Å². The Morgan fingerprint density at radius 1 is 1.16 bits per heavy atom. The van der Waals surface area contributed by atoms with E-state index in [1.54, 1.807) is 18.3 Å². The Kier molecular flexibility index (Phi) is 7.69. The summed E-state index contributed by atoms with van der Waals surface area (Å²) in [5, 5.41) is 0. The highest BCUT2D eigenvalue weighted by atomic mass is 16.1. The minimum atomic E-state index is -0.408. The lowest BCUT2D eigenvalue weighted by molar-refractivity contribution is 0.0998. The van der Waals surface area contributed by atoms with Gasteiger partial charge in [0.25, 0.3) is 5.91 Å². The summed E-state index contributed by atoms with van der Waals surface area (Å²) in [6, 6.07) is 13.1. The molecular weight excluding hydrogens is 474 g/mol. The Balaban J connectivity index is 1.28. The number of primary amides is 1. The van der Waals surface area contributed by atoms with Crippen LogP contribution in [-0.4, -0.2) is 55.5 Å². The van der Waals surface area contributed by atoms with E-state index in [-0.39, 0.29) is 0 Å². The third-order valence-corrected chi connectivity index (χ3v) is 8.05. The van der Waals surface area contributed by atoms with Crippen molar-refractivity contribution in [2.75, 3.05) is 18.0 Å². The first kappa shape index (κ1) is 25.9. The van der Waals surface area contributed by atoms with Gasteiger partial charge in [0.2, 0.25) is 0 Å². The number of pyridine rings is 2. The van der Waals surface area contributed by atoms with E-state index in [1.165, 1.54) is 16.8 Å². The van der Waals surface area contributed by atoms with E-state index >= 15 is 0 Å². The van der Waals surface area contributed by atoms with Crippen molar-refractivity contribution in [3.05, 3.63) is 83.7 Å². The zero-order valence-electron chi connectivity index (χ0n) is 22.5. The van der Waals surface area contributed by atoms with Crippen molar-refractivity contribution in [1.29, 1.82) is 0 Å². The minimum Gasteiger partial charge on any atom is -0.366 e. The van der Waals surface area contributed by atoms with Crippen LogP contribution in [0.2, 0.25) is 0 Å². The number of nitrogens with two attached hydrogens (primary N) is 1. The normalized spacial score (nSPS) is 15.6. The fourth-order valence-electron chi connectivity index (χ4n) is 5.61. The number of carbonyl (C=O) groups is 1. The first-order chi connectivity index (χ1) is 18.4. The van der Waals surface area contributed by atoms with Gasteiger partial charge in [-0.1, -0.05) is 0 Å². The predicted molar refractivity (Wildman–Crippen MR) is 151 cm³/mol. The van der Waals surface area contributed by atoms with Gasteiger partial charge in [0.15, 0.2) is 0 Å². The molecule has 0 unspecified atom stereocenters. The smallest absolute Gasteiger partial charge is 0.250 e. The first-order valence-corrected chi connectivity index (χ1v) is 13.5. The molecule has 0 bridgehead atoms. The summed E-state index contributed by atoms with van der Waals surface area (Å²) in [6.07, 6.45) is 11.3. The lowest BCUT2D eigenvalue weighted by Crippen LogP contribution is -2.47. The minimum absolute atomic E-state index is 0.401. The van der Waals surface area contributed by atoms with Crippen LogP contribution in [0.15, 0.2) is 61.3 Å². The Bertz CT molecular complexity index is 1410. The molecule has 1 atom stereocenters. The van der Waals surface area contributed by atoms with E-state index in [0.29, 0.717) is 17.6 Å². The fourth-order valence-corrected chi connectivity index (χ4v) is 5.61. The average Bonchev–Trinajstić information content (AvgIpc) is 3.31. The predicted octanol–water partition coefficient (Wildman–Crippen LogP) is 4.26. The monoisotopic (exact) mass is 511 g/mol. The van der Waals surface area contributed by atoms with Crippen molar-refractivity contribution in [3.8, 4) is 0 Å². The van der Waals surface area contributed by atoms with Crippen LogP contribution in [0, 0.1) is 6.92 Å². The van der Waals surface area contributed by atoms with Crippen molar-refractivity contribution in [2.45, 2.75) is 58.2 Å². The highest BCUT2D eigenvalue weighted by Crippen LogP contribution is 2.30. The summed E-state index contributed by atoms with van der Waals surface area (Å²) in [7, 11) is 2.03. The largest absolute Gasteiger partial charge is 0.366 e. The summed E-state index contributed by atoms with van der Waals surface area (Å²) in [4.78, 5) is 30.3. The number of aromatic nitrogens is 4. The van der Waals surface area contributed by atoms with Gasteiger partial charge in [0, 0.05) is 63.0 Å². The van der Waals surface area contributed by atoms with Gasteiger partial charge in [0.1, 0.15) is 0 Å². The average molecular weight is 512 g/mol. The SMILES string of the molecule is Cc1ccncc1CN(c1ccc2c(c1)ncn2C)C1CCN([C@H](C)CCc2ncccc2C(N)=O)CC1. The molecular formula is C30H37N7O. The lowest BCUT2D eigenvalue weighted by atomic mass is 9.97. The van der Waals surface area contributed by atoms with Crippen LogP contribution in [0.25, 0.3) is 11.0 Å². The number of hydrogen-bond acceptors (Lipinski definition) is 6. The van der Waals surface area contributed by atoms with E-state index in [0.717, 1.165) is 62.0 Å². The number of anilines is 1. The van der Waals surface area contributed by atoms with Gasteiger partial charge in [-0.25, -0.2) is 4.98 Å². The van der Waals surface area contributed by atoms with E-state index in [9.17, 15) is 4.79 Å². The summed E-state index contributed by atoms with van der Waals surface area (Å²) in [5.41, 5.74) is 12.8. The van der Waals surface area contributed by atoms with Crippen molar-refractivity contribution in [3.63, 3.8) is 0 Å². The van der Waals surface area contributed by atoms with Gasteiger partial charge in [-0.2, -0.15) is 0 Å². The molecule has 1 amide bonds. The van der Waals surface area contributed by atoms with Crippen LogP contribution in [0.5, 0.6) is 0 Å². The highest BCUT2D eigenvalue weighted by Gasteiger charge is 2.28. The van der Waals surface area contributed by atoms with Crippen LogP contribution in [0.1, 0.15) is 53.4 Å². The number of benzene rings is 1. The number of fused-ring (bicyclic) bond motifs is 1. The maximum absolute atomic E-state index is 11.8. The molecule has 0 spiro atoms. The highest BCUT2D eigenvalue weighted by molar-refractivity contribution is 5.93. The fraction of sp³-hybridized carbons (Fsp3) is 0.400. The molecule has 198 valence electrons. The molecule has 8 heteroatoms. The summed E-state index contributed by atoms with van der Waals surface area (Å²) in [6.45, 7) is 7.33. The van der Waals surface area contributed by atoms with Gasteiger partial charge in [0.05, 0.1) is 28.6 Å². The van der Waals surface area contributed by atoms with Crippen LogP contribution in [0.3, 0.4) is 0 Å². The second kappa shape index (κ2) is 11.3. The Morgan fingerprint density at radius 3 is 2.74 bits per heavy atom. The number of piperidine rings is 1. The van der Waals surface area contributed by atoms with Crippen LogP contribution >= 0.6 is 0 Å². The molecule has 3 aromatic heterocycles. The molecule has 4 heterocycles. The lowest BCUT2D eigenvalue weighted by Gasteiger charge is -2.42. The number of hydrogen-bond donors (Lipinski definition) is 1. The Labute approximate surface area is 224 Å². The molecule has 1 fully saturated rings. The molecule has 0 saturated carbocycles. The molecule has 2 N–H and O–H groups in total. The van der Waals surface area contributed by atoms with Crippen molar-refractivity contribution in [1.82, 2.24) is 24.4 Å². The van der Waals surface area contributed by atoms with Gasteiger partial charge >= 0.3 is 0 Å². The molecule has 4 aromatic rings. The standard InChI is InChI=1S/C30H37N7O/c1-21-10-14-32-18-23(21)19-37(25-7-9-29-28(17-25)34-20-35(29)3)24-11-15-36(16-12-24)22(2)6-8-27-26(30(31)38)5-4-13-33-27/h4-5,7,9-10,13-14,17-18,20,22,24H,6,8,11-12,15-16,19H2,1-3H3,(H2,31,38)/t22-/m1/s1. The molecule has 1 aromatic carbocycles. The zero-order valence-corrected chi connectivity index (χ0v) is 22.5. The quantitative estimate of drug-likeness (QED) is 0.361. The van der Waals surface area contributed by atoms with Gasteiger partial charge in [-0.15, -0.1) is 0 Å². The van der Waals surface area contributed by atoms with E-state index in [1.807, 2.05) is 25.8 Å². The number of amides is 1. The second-order valence-corrected chi connectivity index (χ2v) is 10.5. The molecule has 0 radical (unpaired) electrons. The van der Waals surface area contributed by atoms with E-state index in [2.05, 4.69) is 67.4 Å². The van der Waals surface area contributed by atoms with Crippen molar-refractivity contribution < 1.29 is 4.79 Å². The van der Waals surface area contributed by atoms with Gasteiger partial charge in [-0.3, -0.25) is 14.8 Å². The van der Waals surface area contributed by atoms with E-state index < -0.39 is 5.91 Å². The first-order valence-electron chi connectivity index (χ1n) is 13.5. The molecule has 1 saturated heterocycles. The number of likely N-dealkylation sites (tertiary alicyclic amines) is 1. The molecule has 8 nitrogen and oxygen atoms in total. The molecule has 5 rings (SSSR count). The van der Waals surface area contributed by atoms with Gasteiger partial charge < -0.3 is 20.1 Å². The maximum Gasteiger partial charge on any atom is 0.250 e. The number of aryl methyl sites for hydroxylation is 3. The Hall–Kier alpha value is -3.78. The molecule has 1 aliphatic heterocycles. The van der Waals surface area contributed by atoms with Crippen LogP contribution < -0.4 is 10.6 Å². The Morgan fingerprint density at radius 2 is 1.97 bits per heavy atom. The number of rotatable bonds is 9. The zero-order chi connectivity index (χ0) is 26.6. The molecule has 38 heavy (non-hydrogen) atoms. The second-order valence-electron chi connectivity index (χ2n) is 10.5. The van der Waals surface area contributed by atoms with Gasteiger partial charge in [-0.05, 0) is 87.1 Å². The molecule has 0 aliphatic carbocycles. The topological polar surface area (TPSA) is 93.2 Å².